The fraction of sp³-hybridized carbons (Fsp3) is 0.353. The van der Waals surface area contributed by atoms with Crippen molar-refractivity contribution in [1.82, 2.24) is 45.6 Å². The highest BCUT2D eigenvalue weighted by molar-refractivity contribution is 6.08. The van der Waals surface area contributed by atoms with Gasteiger partial charge in [-0.2, -0.15) is 0 Å². The van der Waals surface area contributed by atoms with E-state index in [4.69, 9.17) is 0 Å². The molecule has 126 heavy (non-hydrogen) atoms. The van der Waals surface area contributed by atoms with E-state index < -0.39 is 84.3 Å². The second-order valence-corrected chi connectivity index (χ2v) is 35.8. The molecular weight excluding hydrogens is 1590 g/mol. The summed E-state index contributed by atoms with van der Waals surface area (Å²) in [7, 11) is 0. The molecule has 3 aliphatic heterocycles. The maximum absolute atomic E-state index is 14.5. The lowest BCUT2D eigenvalue weighted by Gasteiger charge is -2.36. The highest BCUT2D eigenvalue weighted by Gasteiger charge is 2.47. The van der Waals surface area contributed by atoms with Crippen LogP contribution in [0.2, 0.25) is 0 Å². The predicted molar refractivity (Wildman–Crippen MR) is 487 cm³/mol. The molecule has 11 unspecified atom stereocenters. The highest BCUT2D eigenvalue weighted by atomic mass is 16.3. The number of hydrogen-bond donors (Lipinski definition) is 6. The van der Waals surface area contributed by atoms with Crippen LogP contribution in [0.4, 0.5) is 17.1 Å². The average Bonchev–Trinajstić information content (AvgIpc) is 1.11. The number of benzene rings is 6. The van der Waals surface area contributed by atoms with Crippen molar-refractivity contribution in [1.29, 1.82) is 0 Å². The van der Waals surface area contributed by atoms with Crippen LogP contribution in [0, 0.1) is 0 Å². The third kappa shape index (κ3) is 21.4. The zero-order valence-electron chi connectivity index (χ0n) is 73.3. The van der Waals surface area contributed by atoms with Gasteiger partial charge in [-0.05, 0) is 185 Å². The monoisotopic (exact) mass is 1700 g/mol. The molecule has 6 aromatic carbocycles. The molecule has 3 aromatic heterocycles. The number of likely N-dealkylation sites (tertiary alicyclic amines) is 3. The number of aliphatic hydroxyl groups excluding tert-OH is 3. The van der Waals surface area contributed by atoms with Gasteiger partial charge in [0, 0.05) is 97.0 Å². The molecule has 656 valence electrons. The fourth-order valence-corrected chi connectivity index (χ4v) is 17.4. The minimum atomic E-state index is -1.10. The Bertz CT molecular complexity index is 5350. The van der Waals surface area contributed by atoms with Crippen molar-refractivity contribution in [3.63, 3.8) is 0 Å². The number of nitrogens with zero attached hydrogens (tertiary/aromatic N) is 9. The summed E-state index contributed by atoms with van der Waals surface area (Å²) in [5.74, 6) is -3.37. The van der Waals surface area contributed by atoms with E-state index in [0.717, 1.165) is 44.5 Å². The van der Waals surface area contributed by atoms with E-state index in [1.165, 1.54) is 47.6 Å². The molecule has 3 fully saturated rings. The number of anilines is 3. The van der Waals surface area contributed by atoms with Crippen molar-refractivity contribution >= 4 is 70.2 Å². The molecule has 24 nitrogen and oxygen atoms in total. The molecule has 2 aliphatic carbocycles. The molecule has 9 amide bonds. The lowest BCUT2D eigenvalue weighted by Crippen LogP contribution is -2.53. The van der Waals surface area contributed by atoms with E-state index in [1.54, 1.807) is 73.6 Å². The number of aliphatic hydroxyl groups is 3. The first kappa shape index (κ1) is 92.3. The van der Waals surface area contributed by atoms with Gasteiger partial charge in [0.05, 0.1) is 36.9 Å². The number of amides is 9. The third-order valence-electron chi connectivity index (χ3n) is 24.2. The summed E-state index contributed by atoms with van der Waals surface area (Å²) in [6, 6.07) is 50.9. The number of rotatable bonds is 24. The van der Waals surface area contributed by atoms with Gasteiger partial charge >= 0.3 is 0 Å². The van der Waals surface area contributed by atoms with Crippen LogP contribution in [0.15, 0.2) is 263 Å². The first-order valence-electron chi connectivity index (χ1n) is 43.2. The molecule has 0 bridgehead atoms. The minimum Gasteiger partial charge on any atom is -0.394 e. The van der Waals surface area contributed by atoms with Crippen LogP contribution in [0.5, 0.6) is 0 Å². The number of hydrogen-bond acceptors (Lipinski definition) is 15. The molecule has 0 spiro atoms. The fourth-order valence-electron chi connectivity index (χ4n) is 17.4. The maximum Gasteiger partial charge on any atom is 0.250 e. The maximum atomic E-state index is 14.5. The van der Waals surface area contributed by atoms with Gasteiger partial charge in [0.25, 0.3) is 17.7 Å². The Morgan fingerprint density at radius 2 is 0.786 bits per heavy atom. The van der Waals surface area contributed by atoms with Crippen molar-refractivity contribution in [2.45, 2.75) is 203 Å². The van der Waals surface area contributed by atoms with E-state index >= 15 is 0 Å². The molecule has 6 heterocycles. The zero-order chi connectivity index (χ0) is 90.3. The lowest BCUT2D eigenvalue weighted by atomic mass is 9.87. The normalized spacial score (nSPS) is 19.1. The molecule has 14 rings (SSSR count). The number of fused-ring (bicyclic) bond motifs is 2. The van der Waals surface area contributed by atoms with Crippen LogP contribution in [-0.4, -0.2) is 161 Å². The largest absolute Gasteiger partial charge is 0.394 e. The van der Waals surface area contributed by atoms with Gasteiger partial charge in [-0.15, -0.1) is 0 Å². The Kier molecular flexibility index (Phi) is 29.9. The number of carbonyl (C=O) groups excluding carboxylic acids is 9. The van der Waals surface area contributed by atoms with E-state index in [-0.39, 0.29) is 58.3 Å². The molecule has 9 aromatic rings. The van der Waals surface area contributed by atoms with Gasteiger partial charge in [0.1, 0.15) is 36.3 Å². The first-order chi connectivity index (χ1) is 60.3. The molecule has 6 N–H and O–H groups in total. The van der Waals surface area contributed by atoms with Gasteiger partial charge in [-0.1, -0.05) is 216 Å². The SMILES string of the molecule is C=CC(=O)N1CCCC1C(=O)N(c1ccc(C(C)(C)C)cc1)C(C(=O)NC(CO)Cc1ccccc1)c1cccnc1.C=CC(=O)N1CCCC1C(=O)N(c1ccc(C(C)(C)C)cc1)C(C(=O)NC1Cc2ccccc2C1O)c1cccnc1.C=CC(=O)N1CCCC1C(=O)N(c1ccc(C(C)(C)C)cc1)C(C(=O)NC1c2ccccc2CC1O)c1cccnc1. The summed E-state index contributed by atoms with van der Waals surface area (Å²) >= 11 is 0. The summed E-state index contributed by atoms with van der Waals surface area (Å²) in [6.45, 7) is 30.9. The van der Waals surface area contributed by atoms with Crippen LogP contribution < -0.4 is 30.7 Å². The topological polar surface area (TPSA) is 309 Å². The molecule has 0 radical (unpaired) electrons. The van der Waals surface area contributed by atoms with Crippen molar-refractivity contribution in [2.24, 2.45) is 0 Å². The third-order valence-corrected chi connectivity index (χ3v) is 24.2. The molecular formula is C102H116N12O12. The summed E-state index contributed by atoms with van der Waals surface area (Å²) in [5, 5.41) is 41.2. The second kappa shape index (κ2) is 40.8. The summed E-state index contributed by atoms with van der Waals surface area (Å²) in [6.07, 6.45) is 16.3. The number of pyridine rings is 3. The standard InChI is InChI=1S/2C34H38N4O4.C34H40N4O4/c1-5-29(39)37-19-9-13-28(37)33(42)38(25-16-14-24(15-17-25)34(2,3)4)30(23-11-8-18-35-21-23)32(41)36-27-20-22-10-6-7-12-26(22)31(27)40;1-5-29(40)37-19-9-13-27(37)33(42)38(25-16-14-24(15-17-25)34(2,3)4)31(23-11-8-18-35-21-23)32(41)36-30-26-12-7-6-10-22(26)20-28(30)39;1-5-30(40)37-20-10-14-29(37)33(42)38(28-17-15-26(16-18-28)34(2,3)4)31(25-13-9-19-35-22-25)32(41)36-27(23-39)21-24-11-7-6-8-12-24/h5-8,10-12,14-18,21,27-28,30-31,40H,1,9,13,19-20H2,2-4H3,(H,36,41);5-8,10-12,14-18,21,27-28,30-31,39H,1,9,13,19-20H2,2-4H3,(H,36,41);5-9,11-13,15-19,22,27,29,31,39H,1,10,14,20-21,23H2,2-4H3,(H,36,41). The Morgan fingerprint density at radius 3 is 1.13 bits per heavy atom. The van der Waals surface area contributed by atoms with E-state index in [2.05, 4.69) is 113 Å². The molecule has 3 saturated heterocycles. The minimum absolute atomic E-state index is 0.111. The lowest BCUT2D eigenvalue weighted by molar-refractivity contribution is -0.135. The van der Waals surface area contributed by atoms with E-state index in [9.17, 15) is 58.5 Å². The van der Waals surface area contributed by atoms with Crippen LogP contribution in [0.25, 0.3) is 0 Å². The quantitative estimate of drug-likeness (QED) is 0.0306. The Morgan fingerprint density at radius 1 is 0.437 bits per heavy atom. The smallest absolute Gasteiger partial charge is 0.250 e. The van der Waals surface area contributed by atoms with Crippen molar-refractivity contribution in [3.05, 3.63) is 324 Å². The Hall–Kier alpha value is -12.9. The summed E-state index contributed by atoms with van der Waals surface area (Å²) in [5.41, 5.74) is 10.6. The van der Waals surface area contributed by atoms with Crippen molar-refractivity contribution in [2.75, 3.05) is 40.9 Å². The van der Waals surface area contributed by atoms with E-state index in [1.807, 2.05) is 152 Å². The molecule has 5 aliphatic rings. The predicted octanol–water partition coefficient (Wildman–Crippen LogP) is 13.2. The van der Waals surface area contributed by atoms with Crippen molar-refractivity contribution < 1.29 is 58.5 Å². The van der Waals surface area contributed by atoms with Gasteiger partial charge in [0.2, 0.25) is 35.4 Å². The highest BCUT2D eigenvalue weighted by Crippen LogP contribution is 2.41. The van der Waals surface area contributed by atoms with Gasteiger partial charge in [0.15, 0.2) is 0 Å². The van der Waals surface area contributed by atoms with Crippen LogP contribution in [0.3, 0.4) is 0 Å². The number of aromatic nitrogens is 3. The second-order valence-electron chi connectivity index (χ2n) is 35.8. The van der Waals surface area contributed by atoms with Crippen LogP contribution >= 0.6 is 0 Å². The summed E-state index contributed by atoms with van der Waals surface area (Å²) < 4.78 is 0. The average molecular weight is 1700 g/mol. The van der Waals surface area contributed by atoms with E-state index in [0.29, 0.717) is 111 Å². The van der Waals surface area contributed by atoms with Crippen LogP contribution in [0.1, 0.15) is 192 Å². The summed E-state index contributed by atoms with van der Waals surface area (Å²) in [4.78, 5) is 146. The number of carbonyl (C=O) groups is 9. The molecule has 24 heteroatoms. The molecule has 11 atom stereocenters. The first-order valence-corrected chi connectivity index (χ1v) is 43.2. The zero-order valence-corrected chi connectivity index (χ0v) is 73.3. The molecule has 0 saturated carbocycles. The van der Waals surface area contributed by atoms with Crippen molar-refractivity contribution in [3.8, 4) is 0 Å². The van der Waals surface area contributed by atoms with Gasteiger partial charge in [-0.25, -0.2) is 0 Å². The Balaban J connectivity index is 0.000000172. The Labute approximate surface area is 738 Å². The number of nitrogens with one attached hydrogen (secondary N) is 3. The van der Waals surface area contributed by atoms with Crippen LogP contribution in [-0.2, 0) is 78.7 Å². The van der Waals surface area contributed by atoms with Gasteiger partial charge < -0.3 is 46.0 Å². The van der Waals surface area contributed by atoms with Gasteiger partial charge in [-0.3, -0.25) is 72.8 Å².